The molecule has 0 aromatic heterocycles. The van der Waals surface area contributed by atoms with Crippen LogP contribution in [0, 0.1) is 0 Å². The van der Waals surface area contributed by atoms with Crippen molar-refractivity contribution in [2.45, 2.75) is 18.9 Å². The van der Waals surface area contributed by atoms with Gasteiger partial charge in [-0.3, -0.25) is 14.5 Å². The molecule has 1 heterocycles. The molecule has 0 unspecified atom stereocenters. The summed E-state index contributed by atoms with van der Waals surface area (Å²) in [6.45, 7) is 5.30. The van der Waals surface area contributed by atoms with Crippen molar-refractivity contribution in [1.82, 2.24) is 0 Å². The molecule has 0 spiro atoms. The maximum Gasteiger partial charge on any atom is 0.225 e. The summed E-state index contributed by atoms with van der Waals surface area (Å²) >= 11 is 3.54. The third-order valence-corrected chi connectivity index (χ3v) is 4.91. The summed E-state index contributed by atoms with van der Waals surface area (Å²) in [4.78, 5) is 27.4. The number of anilines is 1. The Labute approximate surface area is 143 Å². The Bertz CT molecular complexity index is 815. The van der Waals surface area contributed by atoms with E-state index in [2.05, 4.69) is 22.5 Å². The van der Waals surface area contributed by atoms with Crippen LogP contribution in [0.5, 0.6) is 0 Å². The smallest absolute Gasteiger partial charge is 0.225 e. The van der Waals surface area contributed by atoms with E-state index in [0.717, 1.165) is 10.0 Å². The van der Waals surface area contributed by atoms with Crippen molar-refractivity contribution in [2.75, 3.05) is 4.90 Å². The SMILES string of the molecule is C=CC[C@@]1(c2ccccc2Br)C(=O)c2ccccc2N1C(C)=O. The number of hydrogen-bond donors (Lipinski definition) is 0. The largest absolute Gasteiger partial charge is 0.294 e. The Hall–Kier alpha value is -2.20. The molecular formula is C19H16BrNO2. The molecule has 2 aromatic carbocycles. The van der Waals surface area contributed by atoms with Crippen molar-refractivity contribution in [2.24, 2.45) is 0 Å². The maximum absolute atomic E-state index is 13.3. The van der Waals surface area contributed by atoms with Crippen molar-refractivity contribution in [3.05, 3.63) is 76.8 Å². The van der Waals surface area contributed by atoms with Gasteiger partial charge in [-0.2, -0.15) is 0 Å². The molecule has 4 heteroatoms. The summed E-state index contributed by atoms with van der Waals surface area (Å²) in [5.74, 6) is -0.240. The fraction of sp³-hybridized carbons (Fsp3) is 0.158. The van der Waals surface area contributed by atoms with Crippen molar-refractivity contribution in [1.29, 1.82) is 0 Å². The minimum atomic E-state index is -1.09. The monoisotopic (exact) mass is 369 g/mol. The van der Waals surface area contributed by atoms with E-state index in [4.69, 9.17) is 0 Å². The van der Waals surface area contributed by atoms with Crippen molar-refractivity contribution in [3.8, 4) is 0 Å². The lowest BCUT2D eigenvalue weighted by Crippen LogP contribution is -2.50. The molecule has 23 heavy (non-hydrogen) atoms. The number of carbonyl (C=O) groups excluding carboxylic acids is 2. The highest BCUT2D eigenvalue weighted by molar-refractivity contribution is 9.10. The van der Waals surface area contributed by atoms with Gasteiger partial charge < -0.3 is 0 Å². The van der Waals surface area contributed by atoms with Crippen LogP contribution in [0.3, 0.4) is 0 Å². The third-order valence-electron chi connectivity index (χ3n) is 4.22. The van der Waals surface area contributed by atoms with Crippen LogP contribution in [-0.2, 0) is 10.3 Å². The highest BCUT2D eigenvalue weighted by Gasteiger charge is 2.54. The second-order valence-corrected chi connectivity index (χ2v) is 6.39. The molecular weight excluding hydrogens is 354 g/mol. The molecule has 3 nitrogen and oxygen atoms in total. The van der Waals surface area contributed by atoms with Gasteiger partial charge in [0.15, 0.2) is 5.78 Å². The molecule has 1 atom stereocenters. The van der Waals surface area contributed by atoms with Crippen molar-refractivity contribution >= 4 is 33.3 Å². The van der Waals surface area contributed by atoms with E-state index in [-0.39, 0.29) is 11.7 Å². The molecule has 116 valence electrons. The number of rotatable bonds is 3. The lowest BCUT2D eigenvalue weighted by atomic mass is 9.81. The summed E-state index contributed by atoms with van der Waals surface area (Å²) < 4.78 is 0.800. The highest BCUT2D eigenvalue weighted by atomic mass is 79.9. The van der Waals surface area contributed by atoms with Gasteiger partial charge in [0, 0.05) is 28.9 Å². The number of carbonyl (C=O) groups is 2. The zero-order valence-electron chi connectivity index (χ0n) is 12.8. The summed E-state index contributed by atoms with van der Waals surface area (Å²) in [5, 5.41) is 0. The zero-order valence-corrected chi connectivity index (χ0v) is 14.3. The molecule has 0 aliphatic carbocycles. The Kier molecular flexibility index (Phi) is 3.94. The van der Waals surface area contributed by atoms with Crippen LogP contribution in [-0.4, -0.2) is 11.7 Å². The average molecular weight is 370 g/mol. The first-order valence-electron chi connectivity index (χ1n) is 7.34. The Balaban J connectivity index is 2.36. The Morgan fingerprint density at radius 2 is 1.87 bits per heavy atom. The van der Waals surface area contributed by atoms with E-state index in [0.29, 0.717) is 17.7 Å². The topological polar surface area (TPSA) is 37.4 Å². The highest BCUT2D eigenvalue weighted by Crippen LogP contribution is 2.49. The van der Waals surface area contributed by atoms with E-state index in [1.807, 2.05) is 42.5 Å². The van der Waals surface area contributed by atoms with Crippen LogP contribution in [0.4, 0.5) is 5.69 Å². The minimum absolute atomic E-state index is 0.0740. The quantitative estimate of drug-likeness (QED) is 0.748. The number of halogens is 1. The van der Waals surface area contributed by atoms with E-state index < -0.39 is 5.54 Å². The van der Waals surface area contributed by atoms with E-state index in [9.17, 15) is 9.59 Å². The summed E-state index contributed by atoms with van der Waals surface area (Å²) in [7, 11) is 0. The van der Waals surface area contributed by atoms with Gasteiger partial charge in [-0.15, -0.1) is 6.58 Å². The summed E-state index contributed by atoms with van der Waals surface area (Å²) in [5.41, 5.74) is 0.913. The van der Waals surface area contributed by atoms with Gasteiger partial charge in [-0.1, -0.05) is 52.3 Å². The first-order valence-corrected chi connectivity index (χ1v) is 8.14. The van der Waals surface area contributed by atoms with E-state index in [1.54, 1.807) is 17.0 Å². The lowest BCUT2D eigenvalue weighted by Gasteiger charge is -2.37. The Morgan fingerprint density at radius 1 is 1.22 bits per heavy atom. The van der Waals surface area contributed by atoms with Crippen LogP contribution in [0.1, 0.15) is 29.3 Å². The fourth-order valence-electron chi connectivity index (χ4n) is 3.37. The molecule has 0 saturated heterocycles. The molecule has 0 saturated carbocycles. The average Bonchev–Trinajstić information content (AvgIpc) is 2.78. The minimum Gasteiger partial charge on any atom is -0.294 e. The fourth-order valence-corrected chi connectivity index (χ4v) is 3.98. The normalized spacial score (nSPS) is 19.6. The van der Waals surface area contributed by atoms with Gasteiger partial charge in [0.2, 0.25) is 5.91 Å². The number of nitrogens with zero attached hydrogens (tertiary/aromatic N) is 1. The van der Waals surface area contributed by atoms with Crippen LogP contribution in [0.25, 0.3) is 0 Å². The van der Waals surface area contributed by atoms with Crippen molar-refractivity contribution < 1.29 is 9.59 Å². The number of fused-ring (bicyclic) bond motifs is 1. The van der Waals surface area contributed by atoms with Crippen LogP contribution in [0.2, 0.25) is 0 Å². The third kappa shape index (κ3) is 2.17. The number of amides is 1. The molecule has 0 fully saturated rings. The second kappa shape index (κ2) is 5.78. The van der Waals surface area contributed by atoms with E-state index >= 15 is 0 Å². The van der Waals surface area contributed by atoms with Gasteiger partial charge in [0.05, 0.1) is 5.69 Å². The summed E-state index contributed by atoms with van der Waals surface area (Å²) in [6, 6.07) is 14.8. The van der Waals surface area contributed by atoms with Gasteiger partial charge in [-0.25, -0.2) is 0 Å². The molecule has 1 amide bonds. The zero-order chi connectivity index (χ0) is 16.6. The predicted molar refractivity (Wildman–Crippen MR) is 94.6 cm³/mol. The van der Waals surface area contributed by atoms with Crippen LogP contribution < -0.4 is 4.90 Å². The number of ketones is 1. The van der Waals surface area contributed by atoms with Crippen molar-refractivity contribution in [3.63, 3.8) is 0 Å². The molecule has 3 rings (SSSR count). The summed E-state index contributed by atoms with van der Waals surface area (Å²) in [6.07, 6.45) is 2.04. The first-order chi connectivity index (χ1) is 11.0. The number of hydrogen-bond acceptors (Lipinski definition) is 2. The van der Waals surface area contributed by atoms with Gasteiger partial charge in [-0.05, 0) is 18.2 Å². The first kappa shape index (κ1) is 15.7. The molecule has 0 bridgehead atoms. The molecule has 0 N–H and O–H groups in total. The van der Waals surface area contributed by atoms with Gasteiger partial charge >= 0.3 is 0 Å². The lowest BCUT2D eigenvalue weighted by molar-refractivity contribution is -0.117. The standard InChI is InChI=1S/C19H16BrNO2/c1-3-12-19(15-9-5-6-10-16(15)20)18(23)14-8-4-7-11-17(14)21(19)13(2)22/h3-11H,1,12H2,2H3/t19-/m1/s1. The number of Topliss-reactive ketones (excluding diaryl/α,β-unsaturated/α-hetero) is 1. The predicted octanol–water partition coefficient (Wildman–Crippen LogP) is 4.47. The molecule has 2 aromatic rings. The van der Waals surface area contributed by atoms with Gasteiger partial charge in [0.1, 0.15) is 5.54 Å². The molecule has 0 radical (unpaired) electrons. The number of benzene rings is 2. The second-order valence-electron chi connectivity index (χ2n) is 5.53. The number of para-hydroxylation sites is 1. The molecule has 1 aliphatic rings. The Morgan fingerprint density at radius 3 is 2.52 bits per heavy atom. The van der Waals surface area contributed by atoms with Gasteiger partial charge in [0.25, 0.3) is 0 Å². The maximum atomic E-state index is 13.3. The van der Waals surface area contributed by atoms with Crippen LogP contribution in [0.15, 0.2) is 65.7 Å². The van der Waals surface area contributed by atoms with E-state index in [1.165, 1.54) is 6.92 Å². The molecule has 1 aliphatic heterocycles. The van der Waals surface area contributed by atoms with Crippen LogP contribution >= 0.6 is 15.9 Å².